The molecule has 10 heteroatoms. The molecule has 2 N–H and O–H groups in total. The molecule has 0 spiro atoms. The van der Waals surface area contributed by atoms with Gasteiger partial charge in [-0.2, -0.15) is 0 Å². The number of benzene rings is 1. The van der Waals surface area contributed by atoms with Crippen LogP contribution in [-0.2, 0) is 17.1 Å². The van der Waals surface area contributed by atoms with Gasteiger partial charge in [0.15, 0.2) is 0 Å². The largest absolute Gasteiger partial charge is 0.337 e. The summed E-state index contributed by atoms with van der Waals surface area (Å²) in [6, 6.07) is 5.75. The van der Waals surface area contributed by atoms with Gasteiger partial charge in [-0.15, -0.1) is 0 Å². The van der Waals surface area contributed by atoms with E-state index in [4.69, 9.17) is 0 Å². The van der Waals surface area contributed by atoms with Crippen LogP contribution >= 0.6 is 22.6 Å². The SMILES string of the molecule is Cc1cc(NS(=O)(=O)CCF)c(Nc2ccc(I)cc2F)n(C)c1=O. The van der Waals surface area contributed by atoms with Gasteiger partial charge in [0, 0.05) is 16.2 Å². The Kier molecular flexibility index (Phi) is 6.03. The summed E-state index contributed by atoms with van der Waals surface area (Å²) >= 11 is 1.95. The Morgan fingerprint density at radius 2 is 1.92 bits per heavy atom. The Balaban J connectivity index is 2.55. The van der Waals surface area contributed by atoms with Crippen molar-refractivity contribution >= 4 is 49.8 Å². The van der Waals surface area contributed by atoms with E-state index in [2.05, 4.69) is 10.0 Å². The number of hydrogen-bond donors (Lipinski definition) is 2. The smallest absolute Gasteiger partial charge is 0.254 e. The second-order valence-electron chi connectivity index (χ2n) is 5.31. The Morgan fingerprint density at radius 3 is 2.52 bits per heavy atom. The summed E-state index contributed by atoms with van der Waals surface area (Å²) in [4.78, 5) is 12.2. The highest BCUT2D eigenvalue weighted by Gasteiger charge is 2.18. The van der Waals surface area contributed by atoms with E-state index in [-0.39, 0.29) is 28.3 Å². The zero-order valence-corrected chi connectivity index (χ0v) is 16.4. The summed E-state index contributed by atoms with van der Waals surface area (Å²) in [7, 11) is -2.51. The molecule has 0 aliphatic rings. The molecule has 0 fully saturated rings. The fraction of sp³-hybridized carbons (Fsp3) is 0.267. The number of rotatable bonds is 6. The first-order valence-corrected chi connectivity index (χ1v) is 9.87. The normalized spacial score (nSPS) is 11.4. The van der Waals surface area contributed by atoms with Crippen LogP contribution in [-0.4, -0.2) is 25.4 Å². The van der Waals surface area contributed by atoms with Gasteiger partial charge in [-0.05, 0) is 53.8 Å². The molecular formula is C15H16F2IN3O3S. The van der Waals surface area contributed by atoms with E-state index in [0.717, 1.165) is 0 Å². The Hall–Kier alpha value is -1.69. The molecule has 6 nitrogen and oxygen atoms in total. The molecule has 136 valence electrons. The Bertz CT molecular complexity index is 961. The van der Waals surface area contributed by atoms with Gasteiger partial charge in [0.2, 0.25) is 10.0 Å². The molecule has 2 rings (SSSR count). The van der Waals surface area contributed by atoms with Crippen molar-refractivity contribution in [3.8, 4) is 0 Å². The van der Waals surface area contributed by atoms with E-state index in [0.29, 0.717) is 3.57 Å². The van der Waals surface area contributed by atoms with Crippen LogP contribution in [0.4, 0.5) is 26.0 Å². The molecule has 0 amide bonds. The standard InChI is InChI=1S/C15H16F2IN3O3S/c1-9-7-13(20-25(23,24)6-5-16)14(21(2)15(9)22)19-12-4-3-10(18)8-11(12)17/h3-4,7-8,19-20H,5-6H2,1-2H3. The molecule has 0 saturated carbocycles. The maximum atomic E-state index is 14.1. The van der Waals surface area contributed by atoms with Crippen molar-refractivity contribution in [1.29, 1.82) is 0 Å². The first-order chi connectivity index (χ1) is 11.6. The van der Waals surface area contributed by atoms with Crippen molar-refractivity contribution in [2.24, 2.45) is 7.05 Å². The lowest BCUT2D eigenvalue weighted by Gasteiger charge is -2.18. The molecule has 25 heavy (non-hydrogen) atoms. The molecule has 0 aliphatic heterocycles. The predicted molar refractivity (Wildman–Crippen MR) is 102 cm³/mol. The lowest BCUT2D eigenvalue weighted by molar-refractivity contribution is 0.518. The molecule has 0 aliphatic carbocycles. The molecular weight excluding hydrogens is 467 g/mol. The van der Waals surface area contributed by atoms with E-state index >= 15 is 0 Å². The molecule has 0 saturated heterocycles. The minimum atomic E-state index is -3.94. The number of nitrogens with zero attached hydrogens (tertiary/aromatic N) is 1. The second kappa shape index (κ2) is 7.68. The number of hydrogen-bond acceptors (Lipinski definition) is 4. The van der Waals surface area contributed by atoms with Gasteiger partial charge in [-0.1, -0.05) is 0 Å². The van der Waals surface area contributed by atoms with Gasteiger partial charge in [0.05, 0.1) is 17.1 Å². The van der Waals surface area contributed by atoms with Crippen molar-refractivity contribution in [3.05, 3.63) is 49.6 Å². The molecule has 0 unspecified atom stereocenters. The number of sulfonamides is 1. The first kappa shape index (κ1) is 19.6. The van der Waals surface area contributed by atoms with Crippen molar-refractivity contribution in [2.75, 3.05) is 22.5 Å². The van der Waals surface area contributed by atoms with Gasteiger partial charge in [0.1, 0.15) is 18.3 Å². The van der Waals surface area contributed by atoms with Gasteiger partial charge in [-0.25, -0.2) is 17.2 Å². The summed E-state index contributed by atoms with van der Waals surface area (Å²) in [5.74, 6) is -1.22. The number of pyridine rings is 1. The molecule has 2 aromatic rings. The van der Waals surface area contributed by atoms with Crippen LogP contribution in [0.3, 0.4) is 0 Å². The minimum absolute atomic E-state index is 0.0333. The highest BCUT2D eigenvalue weighted by molar-refractivity contribution is 14.1. The molecule has 0 radical (unpaired) electrons. The average molecular weight is 483 g/mol. The Labute approximate surface area is 157 Å². The van der Waals surface area contributed by atoms with E-state index in [9.17, 15) is 22.0 Å². The van der Waals surface area contributed by atoms with Crippen molar-refractivity contribution in [2.45, 2.75) is 6.92 Å². The van der Waals surface area contributed by atoms with Crippen molar-refractivity contribution in [1.82, 2.24) is 4.57 Å². The summed E-state index contributed by atoms with van der Waals surface area (Å²) in [6.45, 7) is 0.471. The zero-order chi connectivity index (χ0) is 18.8. The summed E-state index contributed by atoms with van der Waals surface area (Å²) in [5, 5.41) is 2.73. The number of aryl methyl sites for hydroxylation is 1. The number of alkyl halides is 1. The molecule has 1 aromatic heterocycles. The van der Waals surface area contributed by atoms with Crippen LogP contribution in [0, 0.1) is 16.3 Å². The van der Waals surface area contributed by atoms with E-state index < -0.39 is 28.3 Å². The fourth-order valence-electron chi connectivity index (χ4n) is 2.16. The van der Waals surface area contributed by atoms with E-state index in [1.807, 2.05) is 22.6 Å². The third-order valence-corrected chi connectivity index (χ3v) is 5.28. The fourth-order valence-corrected chi connectivity index (χ4v) is 3.41. The number of nitrogens with one attached hydrogen (secondary N) is 2. The monoisotopic (exact) mass is 483 g/mol. The van der Waals surface area contributed by atoms with E-state index in [1.54, 1.807) is 6.07 Å². The summed E-state index contributed by atoms with van der Waals surface area (Å²) in [6.07, 6.45) is 0. The molecule has 1 heterocycles. The highest BCUT2D eigenvalue weighted by atomic mass is 127. The lowest BCUT2D eigenvalue weighted by Crippen LogP contribution is -2.25. The minimum Gasteiger partial charge on any atom is -0.337 e. The van der Waals surface area contributed by atoms with Crippen molar-refractivity contribution < 1.29 is 17.2 Å². The van der Waals surface area contributed by atoms with Gasteiger partial charge in [-0.3, -0.25) is 14.1 Å². The maximum Gasteiger partial charge on any atom is 0.254 e. The molecule has 0 bridgehead atoms. The number of aromatic nitrogens is 1. The highest BCUT2D eigenvalue weighted by Crippen LogP contribution is 2.27. The first-order valence-electron chi connectivity index (χ1n) is 7.14. The maximum absolute atomic E-state index is 14.1. The molecule has 1 aromatic carbocycles. The lowest BCUT2D eigenvalue weighted by atomic mass is 10.2. The van der Waals surface area contributed by atoms with Crippen LogP contribution < -0.4 is 15.6 Å². The van der Waals surface area contributed by atoms with Crippen LogP contribution in [0.25, 0.3) is 0 Å². The average Bonchev–Trinajstić information content (AvgIpc) is 2.50. The van der Waals surface area contributed by atoms with Crippen LogP contribution in [0.1, 0.15) is 5.56 Å². The van der Waals surface area contributed by atoms with E-state index in [1.165, 1.54) is 36.7 Å². The molecule has 0 atom stereocenters. The second-order valence-corrected chi connectivity index (χ2v) is 8.40. The number of anilines is 3. The number of halogens is 3. The predicted octanol–water partition coefficient (Wildman–Crippen LogP) is 2.89. The third-order valence-electron chi connectivity index (χ3n) is 3.39. The zero-order valence-electron chi connectivity index (χ0n) is 13.4. The van der Waals surface area contributed by atoms with Gasteiger partial charge in [0.25, 0.3) is 5.56 Å². The van der Waals surface area contributed by atoms with Crippen LogP contribution in [0.5, 0.6) is 0 Å². The van der Waals surface area contributed by atoms with Gasteiger partial charge < -0.3 is 5.32 Å². The topological polar surface area (TPSA) is 80.2 Å². The van der Waals surface area contributed by atoms with Gasteiger partial charge >= 0.3 is 0 Å². The summed E-state index contributed by atoms with van der Waals surface area (Å²) in [5.41, 5.74) is 0.0205. The van der Waals surface area contributed by atoms with Crippen LogP contribution in [0.2, 0.25) is 0 Å². The third kappa shape index (κ3) is 4.69. The summed E-state index contributed by atoms with van der Waals surface area (Å²) < 4.78 is 54.4. The Morgan fingerprint density at radius 1 is 1.24 bits per heavy atom. The quantitative estimate of drug-likeness (QED) is 0.620. The van der Waals surface area contributed by atoms with Crippen LogP contribution in [0.15, 0.2) is 29.1 Å². The van der Waals surface area contributed by atoms with Crippen molar-refractivity contribution in [3.63, 3.8) is 0 Å².